The highest BCUT2D eigenvalue weighted by atomic mass is 16.2. The number of nitrogens with one attached hydrogen (secondary N) is 2. The van der Waals surface area contributed by atoms with Gasteiger partial charge in [0.1, 0.15) is 5.82 Å². The average Bonchev–Trinajstić information content (AvgIpc) is 2.64. The summed E-state index contributed by atoms with van der Waals surface area (Å²) in [7, 11) is 2.01. The minimum absolute atomic E-state index is 0.0997. The Balaban J connectivity index is 1.73. The molecule has 1 aromatic carbocycles. The fourth-order valence-corrected chi connectivity index (χ4v) is 2.70. The van der Waals surface area contributed by atoms with E-state index in [0.717, 1.165) is 42.7 Å². The van der Waals surface area contributed by atoms with Crippen LogP contribution in [0.2, 0.25) is 0 Å². The number of benzene rings is 1. The Morgan fingerprint density at radius 2 is 2.25 bits per heavy atom. The first-order chi connectivity index (χ1) is 9.75. The van der Waals surface area contributed by atoms with E-state index in [1.807, 2.05) is 25.2 Å². The Labute approximate surface area is 118 Å². The van der Waals surface area contributed by atoms with Crippen LogP contribution in [0.3, 0.4) is 0 Å². The Kier molecular flexibility index (Phi) is 3.69. The summed E-state index contributed by atoms with van der Waals surface area (Å²) in [5.74, 6) is 1.07. The van der Waals surface area contributed by atoms with Crippen LogP contribution in [0.4, 0.5) is 0 Å². The normalized spacial score (nSPS) is 19.9. The summed E-state index contributed by atoms with van der Waals surface area (Å²) in [6, 6.07) is 7.98. The molecular weight excluding hydrogens is 252 g/mol. The molecule has 1 fully saturated rings. The van der Waals surface area contributed by atoms with E-state index in [4.69, 9.17) is 0 Å². The van der Waals surface area contributed by atoms with Crippen molar-refractivity contribution in [2.24, 2.45) is 7.05 Å². The smallest absolute Gasteiger partial charge is 0.237 e. The highest BCUT2D eigenvalue weighted by molar-refractivity contribution is 5.82. The molecule has 1 atom stereocenters. The molecule has 106 valence electrons. The predicted octanol–water partition coefficient (Wildman–Crippen LogP) is 1.33. The molecule has 1 aliphatic rings. The van der Waals surface area contributed by atoms with Crippen molar-refractivity contribution in [3.05, 3.63) is 30.1 Å². The number of hydrogen-bond acceptors (Lipinski definition) is 3. The molecule has 2 aromatic rings. The zero-order valence-corrected chi connectivity index (χ0v) is 11.7. The number of aromatic nitrogens is 2. The Bertz CT molecular complexity index is 619. The van der Waals surface area contributed by atoms with E-state index in [1.54, 1.807) is 0 Å². The van der Waals surface area contributed by atoms with Crippen LogP contribution in [0.25, 0.3) is 11.0 Å². The molecule has 0 unspecified atom stereocenters. The lowest BCUT2D eigenvalue weighted by Crippen LogP contribution is -2.42. The topological polar surface area (TPSA) is 59.0 Å². The van der Waals surface area contributed by atoms with Gasteiger partial charge < -0.3 is 9.88 Å². The summed E-state index contributed by atoms with van der Waals surface area (Å²) in [6.07, 6.45) is 3.05. The first kappa shape index (κ1) is 13.1. The molecule has 2 heterocycles. The molecule has 2 N–H and O–H groups in total. The van der Waals surface area contributed by atoms with Crippen molar-refractivity contribution in [2.45, 2.75) is 31.8 Å². The largest absolute Gasteiger partial charge is 0.355 e. The van der Waals surface area contributed by atoms with Gasteiger partial charge in [0.2, 0.25) is 5.91 Å². The average molecular weight is 272 g/mol. The molecule has 20 heavy (non-hydrogen) atoms. The summed E-state index contributed by atoms with van der Waals surface area (Å²) in [5.41, 5.74) is 2.12. The van der Waals surface area contributed by atoms with Crippen molar-refractivity contribution in [2.75, 3.05) is 6.54 Å². The predicted molar refractivity (Wildman–Crippen MR) is 78.2 cm³/mol. The van der Waals surface area contributed by atoms with Crippen LogP contribution in [-0.4, -0.2) is 28.0 Å². The Morgan fingerprint density at radius 3 is 3.10 bits per heavy atom. The van der Waals surface area contributed by atoms with E-state index < -0.39 is 0 Å². The maximum Gasteiger partial charge on any atom is 0.237 e. The minimum atomic E-state index is -0.0997. The first-order valence-corrected chi connectivity index (χ1v) is 7.17. The Hall–Kier alpha value is -1.88. The Morgan fingerprint density at radius 1 is 1.40 bits per heavy atom. The number of para-hydroxylation sites is 2. The summed E-state index contributed by atoms with van der Waals surface area (Å²) < 4.78 is 2.08. The first-order valence-electron chi connectivity index (χ1n) is 7.17. The highest BCUT2D eigenvalue weighted by Crippen LogP contribution is 2.14. The van der Waals surface area contributed by atoms with Gasteiger partial charge in [0.25, 0.3) is 0 Å². The van der Waals surface area contributed by atoms with Crippen LogP contribution in [0.5, 0.6) is 0 Å². The van der Waals surface area contributed by atoms with Gasteiger partial charge in [-0.25, -0.2) is 4.98 Å². The van der Waals surface area contributed by atoms with Crippen molar-refractivity contribution in [1.82, 2.24) is 20.2 Å². The quantitative estimate of drug-likeness (QED) is 0.886. The van der Waals surface area contributed by atoms with Crippen LogP contribution < -0.4 is 10.6 Å². The lowest BCUT2D eigenvalue weighted by atomic mass is 10.1. The summed E-state index contributed by atoms with van der Waals surface area (Å²) in [5, 5.41) is 6.28. The fourth-order valence-electron chi connectivity index (χ4n) is 2.70. The third-order valence-corrected chi connectivity index (χ3v) is 3.92. The molecular formula is C15H20N4O. The van der Waals surface area contributed by atoms with Crippen molar-refractivity contribution in [1.29, 1.82) is 0 Å². The second-order valence-corrected chi connectivity index (χ2v) is 5.30. The molecule has 1 aliphatic heterocycles. The van der Waals surface area contributed by atoms with E-state index >= 15 is 0 Å². The van der Waals surface area contributed by atoms with E-state index in [2.05, 4.69) is 26.3 Å². The number of imidazole rings is 1. The molecule has 0 radical (unpaired) electrons. The lowest BCUT2D eigenvalue weighted by molar-refractivity contribution is -0.122. The van der Waals surface area contributed by atoms with Gasteiger partial charge in [0.15, 0.2) is 0 Å². The van der Waals surface area contributed by atoms with Crippen LogP contribution in [0.15, 0.2) is 24.3 Å². The van der Waals surface area contributed by atoms with Crippen molar-refractivity contribution in [3.63, 3.8) is 0 Å². The highest BCUT2D eigenvalue weighted by Gasteiger charge is 2.20. The van der Waals surface area contributed by atoms with Gasteiger partial charge in [-0.05, 0) is 31.4 Å². The number of aryl methyl sites for hydroxylation is 1. The molecule has 0 saturated carbocycles. The molecule has 0 aliphatic carbocycles. The van der Waals surface area contributed by atoms with E-state index in [0.29, 0.717) is 6.54 Å². The molecule has 5 heteroatoms. The van der Waals surface area contributed by atoms with Gasteiger partial charge in [0.05, 0.1) is 23.6 Å². The van der Waals surface area contributed by atoms with Crippen LogP contribution in [0, 0.1) is 0 Å². The standard InChI is InChI=1S/C15H20N4O/c1-19-13-8-3-2-6-11(13)18-14(19)10-17-12-7-4-5-9-16-15(12)20/h2-3,6,8,12,17H,4-5,7,9-10H2,1H3,(H,16,20)/t12-/m0/s1. The molecule has 3 rings (SSSR count). The second-order valence-electron chi connectivity index (χ2n) is 5.30. The summed E-state index contributed by atoms with van der Waals surface area (Å²) in [6.45, 7) is 1.41. The second kappa shape index (κ2) is 5.63. The maximum atomic E-state index is 11.9. The van der Waals surface area contributed by atoms with Gasteiger partial charge in [-0.3, -0.25) is 10.1 Å². The zero-order chi connectivity index (χ0) is 13.9. The number of amides is 1. The minimum Gasteiger partial charge on any atom is -0.355 e. The van der Waals surface area contributed by atoms with Crippen molar-refractivity contribution in [3.8, 4) is 0 Å². The molecule has 0 bridgehead atoms. The third kappa shape index (κ3) is 2.54. The molecule has 1 amide bonds. The third-order valence-electron chi connectivity index (χ3n) is 3.92. The van der Waals surface area contributed by atoms with Crippen LogP contribution >= 0.6 is 0 Å². The maximum absolute atomic E-state index is 11.9. The van der Waals surface area contributed by atoms with E-state index in [-0.39, 0.29) is 11.9 Å². The lowest BCUT2D eigenvalue weighted by Gasteiger charge is -2.14. The van der Waals surface area contributed by atoms with Crippen molar-refractivity contribution < 1.29 is 4.79 Å². The number of nitrogens with zero attached hydrogens (tertiary/aromatic N) is 2. The van der Waals surface area contributed by atoms with E-state index in [9.17, 15) is 4.79 Å². The van der Waals surface area contributed by atoms with Crippen molar-refractivity contribution >= 4 is 16.9 Å². The molecule has 5 nitrogen and oxygen atoms in total. The number of rotatable bonds is 3. The number of carbonyl (C=O) groups excluding carboxylic acids is 1. The van der Waals surface area contributed by atoms with Crippen LogP contribution in [0.1, 0.15) is 25.1 Å². The fraction of sp³-hybridized carbons (Fsp3) is 0.467. The summed E-state index contributed by atoms with van der Waals surface area (Å²) >= 11 is 0. The monoisotopic (exact) mass is 272 g/mol. The number of hydrogen-bond donors (Lipinski definition) is 2. The summed E-state index contributed by atoms with van der Waals surface area (Å²) in [4.78, 5) is 16.5. The van der Waals surface area contributed by atoms with Gasteiger partial charge in [-0.2, -0.15) is 0 Å². The van der Waals surface area contributed by atoms with Gasteiger partial charge >= 0.3 is 0 Å². The molecule has 1 aromatic heterocycles. The zero-order valence-electron chi connectivity index (χ0n) is 11.7. The van der Waals surface area contributed by atoms with Gasteiger partial charge in [-0.15, -0.1) is 0 Å². The van der Waals surface area contributed by atoms with Crippen LogP contribution in [-0.2, 0) is 18.4 Å². The number of carbonyl (C=O) groups is 1. The molecule has 0 spiro atoms. The number of fused-ring (bicyclic) bond motifs is 1. The van der Waals surface area contributed by atoms with Gasteiger partial charge in [0, 0.05) is 13.6 Å². The van der Waals surface area contributed by atoms with Gasteiger partial charge in [-0.1, -0.05) is 12.1 Å². The van der Waals surface area contributed by atoms with E-state index in [1.165, 1.54) is 0 Å². The SMILES string of the molecule is Cn1c(CN[C@H]2CCCCNC2=O)nc2ccccc21. The molecule has 1 saturated heterocycles.